The molecule has 0 aromatic heterocycles. The number of allylic oxidation sites excluding steroid dienone is 4. The molecule has 0 saturated heterocycles. The molecular weight excluding hydrogens is 475 g/mol. The first-order chi connectivity index (χ1) is 10.3. The first kappa shape index (κ1) is 26.5. The van der Waals surface area contributed by atoms with E-state index < -0.39 is 0 Å². The molecule has 0 nitrogen and oxygen atoms in total. The Labute approximate surface area is 176 Å². The van der Waals surface area contributed by atoms with Gasteiger partial charge < -0.3 is 24.8 Å². The van der Waals surface area contributed by atoms with Crippen molar-refractivity contribution in [1.82, 2.24) is 0 Å². The van der Waals surface area contributed by atoms with Crippen LogP contribution < -0.4 is 24.8 Å². The topological polar surface area (TPSA) is 0 Å². The smallest absolute Gasteiger partial charge is 1.00 e. The second-order valence-electron chi connectivity index (χ2n) is 6.07. The maximum Gasteiger partial charge on any atom is -1.00 e. The maximum absolute atomic E-state index is 3.29. The number of hydrogen-bond acceptors (Lipinski definition) is 0. The third-order valence-corrected chi connectivity index (χ3v) is 3.30. The minimum atomic E-state index is -0.243. The fourth-order valence-electron chi connectivity index (χ4n) is 2.30. The van der Waals surface area contributed by atoms with Gasteiger partial charge in [0.1, 0.15) is 0 Å². The molecule has 0 bridgehead atoms. The van der Waals surface area contributed by atoms with Crippen molar-refractivity contribution in [1.29, 1.82) is 0 Å². The van der Waals surface area contributed by atoms with Crippen LogP contribution in [0.25, 0.3) is 10.8 Å². The summed E-state index contributed by atoms with van der Waals surface area (Å²) in [5.41, 5.74) is 4.05. The summed E-state index contributed by atoms with van der Waals surface area (Å²) in [6.07, 6.45) is 5.52. The van der Waals surface area contributed by atoms with Crippen LogP contribution >= 0.6 is 0 Å². The molecule has 0 heterocycles. The second kappa shape index (κ2) is 13.5. The van der Waals surface area contributed by atoms with E-state index in [4.69, 9.17) is 0 Å². The SMILES string of the molecule is CC1=[C-]C(C)C=C1C.Cc1cc2ccccc2[cH-]1.[CH3][Ge]([CH3])=[Zr+2].[Cl-].[Cl-]. The van der Waals surface area contributed by atoms with Gasteiger partial charge in [0.15, 0.2) is 0 Å². The van der Waals surface area contributed by atoms with Gasteiger partial charge in [-0.1, -0.05) is 32.8 Å². The summed E-state index contributed by atoms with van der Waals surface area (Å²) in [6.45, 7) is 8.52. The minimum absolute atomic E-state index is 0. The Hall–Kier alpha value is 0.316. The van der Waals surface area contributed by atoms with E-state index >= 15 is 0 Å². The molecule has 0 spiro atoms. The molecule has 0 aliphatic heterocycles. The van der Waals surface area contributed by atoms with Gasteiger partial charge in [-0.15, -0.1) is 47.5 Å². The van der Waals surface area contributed by atoms with Crippen LogP contribution in [0.1, 0.15) is 26.3 Å². The van der Waals surface area contributed by atoms with Crippen molar-refractivity contribution < 1.29 is 46.4 Å². The van der Waals surface area contributed by atoms with Crippen LogP contribution in [0.2, 0.25) is 11.5 Å². The Morgan fingerprint density at radius 3 is 2.00 bits per heavy atom. The molecule has 130 valence electrons. The molecule has 2 aromatic carbocycles. The van der Waals surface area contributed by atoms with Gasteiger partial charge >= 0.3 is 43.1 Å². The van der Waals surface area contributed by atoms with Crippen molar-refractivity contribution in [3.05, 3.63) is 65.3 Å². The van der Waals surface area contributed by atoms with Crippen LogP contribution in [-0.2, 0) is 21.6 Å². The zero-order chi connectivity index (χ0) is 16.7. The van der Waals surface area contributed by atoms with Crippen LogP contribution in [0, 0.1) is 18.9 Å². The number of fused-ring (bicyclic) bond motifs is 1. The van der Waals surface area contributed by atoms with Crippen molar-refractivity contribution in [2.75, 3.05) is 0 Å². The molecule has 1 atom stereocenters. The first-order valence-electron chi connectivity index (χ1n) is 7.72. The third kappa shape index (κ3) is 10.3. The average Bonchev–Trinajstić information content (AvgIpc) is 2.91. The van der Waals surface area contributed by atoms with Crippen LogP contribution in [0.4, 0.5) is 0 Å². The Morgan fingerprint density at radius 2 is 1.62 bits per heavy atom. The van der Waals surface area contributed by atoms with Crippen LogP contribution in [0.3, 0.4) is 0 Å². The summed E-state index contributed by atoms with van der Waals surface area (Å²) in [4.78, 5) is 0. The molecule has 0 saturated carbocycles. The summed E-state index contributed by atoms with van der Waals surface area (Å²) in [5, 5.41) is 2.69. The van der Waals surface area contributed by atoms with E-state index in [2.05, 4.69) is 87.8 Å². The van der Waals surface area contributed by atoms with Crippen LogP contribution in [-0.4, -0.2) is 9.98 Å². The van der Waals surface area contributed by atoms with Crippen molar-refractivity contribution >= 4 is 20.7 Å². The number of aryl methyl sites for hydroxylation is 1. The molecule has 1 aliphatic rings. The van der Waals surface area contributed by atoms with E-state index in [1.807, 2.05) is 0 Å². The van der Waals surface area contributed by atoms with Crippen molar-refractivity contribution in [3.8, 4) is 0 Å². The van der Waals surface area contributed by atoms with E-state index in [0.717, 1.165) is 0 Å². The van der Waals surface area contributed by atoms with Gasteiger partial charge in [-0.25, -0.2) is 11.1 Å². The molecule has 0 N–H and O–H groups in total. The molecule has 4 heteroatoms. The fourth-order valence-corrected chi connectivity index (χ4v) is 2.30. The molecular formula is C20H26Cl2GeZr-2. The second-order valence-corrected chi connectivity index (χ2v) is 23.0. The number of hydrogen-bond donors (Lipinski definition) is 0. The van der Waals surface area contributed by atoms with Gasteiger partial charge in [0.2, 0.25) is 0 Å². The molecule has 0 fully saturated rings. The Kier molecular flexibility index (Phi) is 14.9. The van der Waals surface area contributed by atoms with Crippen LogP contribution in [0.15, 0.2) is 53.6 Å². The molecule has 3 rings (SSSR count). The van der Waals surface area contributed by atoms with Gasteiger partial charge in [-0.3, -0.25) is 6.08 Å². The van der Waals surface area contributed by atoms with E-state index in [1.54, 1.807) is 21.6 Å². The normalized spacial score (nSPS) is 14.8. The number of halogens is 2. The van der Waals surface area contributed by atoms with E-state index in [0.29, 0.717) is 5.92 Å². The van der Waals surface area contributed by atoms with Gasteiger partial charge in [-0.05, 0) is 0 Å². The Balaban J connectivity index is 0. The zero-order valence-corrected chi connectivity index (χ0v) is 21.4. The quantitative estimate of drug-likeness (QED) is 0.353. The van der Waals surface area contributed by atoms with Gasteiger partial charge in [0.25, 0.3) is 0 Å². The molecule has 2 aromatic rings. The van der Waals surface area contributed by atoms with E-state index in [-0.39, 0.29) is 34.8 Å². The van der Waals surface area contributed by atoms with Crippen molar-refractivity contribution in [2.24, 2.45) is 5.92 Å². The minimum Gasteiger partial charge on any atom is -1.00 e. The van der Waals surface area contributed by atoms with Crippen LogP contribution in [0.5, 0.6) is 0 Å². The largest absolute Gasteiger partial charge is 1.00 e. The first-order valence-corrected chi connectivity index (χ1v) is 19.4. The summed E-state index contributed by atoms with van der Waals surface area (Å²) in [5.74, 6) is 5.30. The monoisotopic (exact) mass is 500 g/mol. The number of benzene rings is 1. The summed E-state index contributed by atoms with van der Waals surface area (Å²) in [7, 11) is -0.243. The summed E-state index contributed by atoms with van der Waals surface area (Å²) >= 11 is 1.80. The summed E-state index contributed by atoms with van der Waals surface area (Å²) in [6, 6.07) is 12.8. The summed E-state index contributed by atoms with van der Waals surface area (Å²) < 4.78 is 0. The molecule has 0 amide bonds. The molecule has 1 aliphatic carbocycles. The van der Waals surface area contributed by atoms with Crippen molar-refractivity contribution in [2.45, 2.75) is 39.2 Å². The zero-order valence-electron chi connectivity index (χ0n) is 15.4. The van der Waals surface area contributed by atoms with Gasteiger partial charge in [0, 0.05) is 0 Å². The standard InChI is InChI=1S/C10H9.C8H11.C2H6Ge.2ClH.Zr/c1-8-6-9-4-2-3-5-10(9)7-8;1-6-4-7(2)8(3)5-6;1-3-2;;;/h2-7H,1H3;4,6H,1-3H3;1-2H3;2*1H;/q2*-1;;;;+2/p-2. The Bertz CT molecular complexity index is 643. The molecule has 0 radical (unpaired) electrons. The fraction of sp³-hybridized carbons (Fsp3) is 0.350. The average molecular weight is 501 g/mol. The van der Waals surface area contributed by atoms with E-state index in [1.165, 1.54) is 27.5 Å². The Morgan fingerprint density at radius 1 is 1.08 bits per heavy atom. The molecule has 1 unspecified atom stereocenters. The van der Waals surface area contributed by atoms with E-state index in [9.17, 15) is 0 Å². The third-order valence-electron chi connectivity index (χ3n) is 3.30. The number of rotatable bonds is 0. The van der Waals surface area contributed by atoms with Gasteiger partial charge in [-0.2, -0.15) is 12.1 Å². The maximum atomic E-state index is 3.29. The predicted octanol–water partition coefficient (Wildman–Crippen LogP) is -0.00869. The molecule has 24 heavy (non-hydrogen) atoms. The van der Waals surface area contributed by atoms with Gasteiger partial charge in [0.05, 0.1) is 0 Å². The predicted molar refractivity (Wildman–Crippen MR) is 97.1 cm³/mol. The van der Waals surface area contributed by atoms with Crippen molar-refractivity contribution in [3.63, 3.8) is 0 Å².